The van der Waals surface area contributed by atoms with E-state index in [-0.39, 0.29) is 11.9 Å². The monoisotopic (exact) mass is 381 g/mol. The Morgan fingerprint density at radius 1 is 1.19 bits per heavy atom. The van der Waals surface area contributed by atoms with Crippen LogP contribution < -0.4 is 0 Å². The van der Waals surface area contributed by atoms with Gasteiger partial charge in [-0.15, -0.1) is 0 Å². The Morgan fingerprint density at radius 3 is 2.35 bits per heavy atom. The molecule has 0 aliphatic carbocycles. The number of esters is 1. The highest BCUT2D eigenvalue weighted by atomic mass is 35.5. The number of likely N-dealkylation sites (N-methyl/N-ethyl adjacent to an activating group) is 1. The minimum Gasteiger partial charge on any atom is -0.468 e. The molecule has 144 valence electrons. The van der Waals surface area contributed by atoms with E-state index in [4.69, 9.17) is 16.3 Å². The average Bonchev–Trinajstić information content (AvgIpc) is 2.63. The van der Waals surface area contributed by atoms with Crippen LogP contribution >= 0.6 is 11.6 Å². The van der Waals surface area contributed by atoms with Crippen LogP contribution in [0.4, 0.5) is 0 Å². The third-order valence-electron chi connectivity index (χ3n) is 4.92. The molecule has 7 heteroatoms. The molecule has 26 heavy (non-hydrogen) atoms. The summed E-state index contributed by atoms with van der Waals surface area (Å²) in [5.74, 6) is -0.217. The molecule has 0 radical (unpaired) electrons. The third kappa shape index (κ3) is 4.96. The molecule has 1 amide bonds. The van der Waals surface area contributed by atoms with Crippen molar-refractivity contribution in [2.24, 2.45) is 0 Å². The van der Waals surface area contributed by atoms with Gasteiger partial charge in [-0.1, -0.05) is 29.8 Å². The van der Waals surface area contributed by atoms with E-state index >= 15 is 0 Å². The molecule has 2 rings (SSSR count). The van der Waals surface area contributed by atoms with Gasteiger partial charge in [-0.3, -0.25) is 14.6 Å². The van der Waals surface area contributed by atoms with Gasteiger partial charge in [0.15, 0.2) is 0 Å². The first kappa shape index (κ1) is 20.7. The summed E-state index contributed by atoms with van der Waals surface area (Å²) >= 11 is 6.30. The summed E-state index contributed by atoms with van der Waals surface area (Å²) in [6, 6.07) is 7.09. The van der Waals surface area contributed by atoms with Gasteiger partial charge < -0.3 is 9.64 Å². The lowest BCUT2D eigenvalue weighted by Crippen LogP contribution is -2.53. The lowest BCUT2D eigenvalue weighted by Gasteiger charge is -2.39. The van der Waals surface area contributed by atoms with Crippen molar-refractivity contribution in [1.29, 1.82) is 0 Å². The number of halogens is 1. The summed E-state index contributed by atoms with van der Waals surface area (Å²) in [6.45, 7) is 6.91. The molecule has 0 saturated carbocycles. The number of carbonyl (C=O) groups is 2. The van der Waals surface area contributed by atoms with E-state index in [2.05, 4.69) is 13.8 Å². The predicted molar refractivity (Wildman–Crippen MR) is 102 cm³/mol. The number of piperazine rings is 1. The van der Waals surface area contributed by atoms with E-state index in [0.717, 1.165) is 5.56 Å². The van der Waals surface area contributed by atoms with Crippen LogP contribution in [0.15, 0.2) is 24.3 Å². The summed E-state index contributed by atoms with van der Waals surface area (Å²) in [5.41, 5.74) is 0.736. The fraction of sp³-hybridized carbons (Fsp3) is 0.579. The second-order valence-corrected chi connectivity index (χ2v) is 7.28. The van der Waals surface area contributed by atoms with Crippen LogP contribution in [0.5, 0.6) is 0 Å². The first-order chi connectivity index (χ1) is 12.3. The Hall–Kier alpha value is -1.63. The fourth-order valence-electron chi connectivity index (χ4n) is 3.01. The second-order valence-electron chi connectivity index (χ2n) is 6.87. The maximum atomic E-state index is 12.5. The minimum atomic E-state index is -0.552. The van der Waals surface area contributed by atoms with Crippen LogP contribution in [0.25, 0.3) is 0 Å². The van der Waals surface area contributed by atoms with E-state index in [0.29, 0.717) is 43.8 Å². The molecular weight excluding hydrogens is 354 g/mol. The van der Waals surface area contributed by atoms with Gasteiger partial charge in [-0.05, 0) is 32.5 Å². The van der Waals surface area contributed by atoms with Gasteiger partial charge in [0.25, 0.3) is 0 Å². The topological polar surface area (TPSA) is 53.1 Å². The summed E-state index contributed by atoms with van der Waals surface area (Å²) < 4.78 is 5.00. The summed E-state index contributed by atoms with van der Waals surface area (Å²) in [7, 11) is 3.33. The van der Waals surface area contributed by atoms with E-state index in [1.54, 1.807) is 6.07 Å². The van der Waals surface area contributed by atoms with Gasteiger partial charge >= 0.3 is 5.97 Å². The van der Waals surface area contributed by atoms with E-state index in [9.17, 15) is 9.59 Å². The average molecular weight is 382 g/mol. The summed E-state index contributed by atoms with van der Waals surface area (Å²) in [6.07, 6.45) is 0. The molecule has 1 aromatic carbocycles. The molecule has 0 spiro atoms. The number of amides is 1. The molecule has 1 atom stereocenters. The fourth-order valence-corrected chi connectivity index (χ4v) is 3.25. The highest BCUT2D eigenvalue weighted by Gasteiger charge is 2.33. The lowest BCUT2D eigenvalue weighted by atomic mass is 10.0. The third-order valence-corrected chi connectivity index (χ3v) is 5.27. The number of nitrogens with zero attached hydrogens (tertiary/aromatic N) is 3. The largest absolute Gasteiger partial charge is 0.468 e. The van der Waals surface area contributed by atoms with Crippen LogP contribution in [-0.2, 0) is 14.3 Å². The van der Waals surface area contributed by atoms with Crippen LogP contribution in [0.2, 0.25) is 5.02 Å². The van der Waals surface area contributed by atoms with Crippen molar-refractivity contribution in [3.63, 3.8) is 0 Å². The van der Waals surface area contributed by atoms with Crippen LogP contribution in [0.3, 0.4) is 0 Å². The molecule has 1 fully saturated rings. The van der Waals surface area contributed by atoms with E-state index in [1.807, 2.05) is 39.9 Å². The number of rotatable bonds is 6. The number of ether oxygens (including phenoxy) is 1. The highest BCUT2D eigenvalue weighted by molar-refractivity contribution is 6.31. The molecule has 0 bridgehead atoms. The SMILES string of the molecule is COC(=O)C(c1ccccc1Cl)N1CCN(C(=O)CN(C)C(C)C)CC1. The Bertz CT molecular complexity index is 630. The normalized spacial score (nSPS) is 16.8. The van der Waals surface area contributed by atoms with Crippen LogP contribution in [-0.4, -0.2) is 79.5 Å². The number of benzene rings is 1. The molecule has 1 unspecified atom stereocenters. The lowest BCUT2D eigenvalue weighted by molar-refractivity contribution is -0.148. The molecule has 1 aliphatic heterocycles. The van der Waals surface area contributed by atoms with Gasteiger partial charge in [0.05, 0.1) is 13.7 Å². The van der Waals surface area contributed by atoms with Crippen LogP contribution in [0, 0.1) is 0 Å². The molecule has 1 heterocycles. The Balaban J connectivity index is 2.05. The van der Waals surface area contributed by atoms with Crippen molar-refractivity contribution in [3.05, 3.63) is 34.9 Å². The van der Waals surface area contributed by atoms with Gasteiger partial charge in [-0.2, -0.15) is 0 Å². The zero-order chi connectivity index (χ0) is 19.3. The van der Waals surface area contributed by atoms with Crippen molar-refractivity contribution < 1.29 is 14.3 Å². The quantitative estimate of drug-likeness (QED) is 0.706. The van der Waals surface area contributed by atoms with Crippen molar-refractivity contribution in [2.75, 3.05) is 46.9 Å². The number of carbonyl (C=O) groups excluding carboxylic acids is 2. The molecule has 0 aromatic heterocycles. The van der Waals surface area contributed by atoms with Crippen molar-refractivity contribution in [1.82, 2.24) is 14.7 Å². The molecule has 1 aromatic rings. The Kier molecular flexibility index (Phi) is 7.43. The van der Waals surface area contributed by atoms with Gasteiger partial charge in [-0.25, -0.2) is 4.79 Å². The maximum Gasteiger partial charge on any atom is 0.327 e. The summed E-state index contributed by atoms with van der Waals surface area (Å²) in [5, 5.41) is 0.542. The van der Waals surface area contributed by atoms with E-state index in [1.165, 1.54) is 7.11 Å². The highest BCUT2D eigenvalue weighted by Crippen LogP contribution is 2.29. The molecule has 0 N–H and O–H groups in total. The molecule has 6 nitrogen and oxygen atoms in total. The maximum absolute atomic E-state index is 12.5. The van der Waals surface area contributed by atoms with Crippen LogP contribution in [0.1, 0.15) is 25.5 Å². The van der Waals surface area contributed by atoms with E-state index < -0.39 is 6.04 Å². The standard InChI is InChI=1S/C19H28ClN3O3/c1-14(2)21(3)13-17(24)22-9-11-23(12-10-22)18(19(25)26-4)15-7-5-6-8-16(15)20/h5-8,14,18H,9-13H2,1-4H3. The van der Waals surface area contributed by atoms with Crippen molar-refractivity contribution >= 4 is 23.5 Å². The second kappa shape index (κ2) is 9.35. The van der Waals surface area contributed by atoms with Gasteiger partial charge in [0, 0.05) is 37.2 Å². The van der Waals surface area contributed by atoms with Gasteiger partial charge in [0.2, 0.25) is 5.91 Å². The Morgan fingerprint density at radius 2 is 1.81 bits per heavy atom. The first-order valence-corrected chi connectivity index (χ1v) is 9.27. The summed E-state index contributed by atoms with van der Waals surface area (Å²) in [4.78, 5) is 30.8. The molecule has 1 aliphatic rings. The zero-order valence-electron chi connectivity index (χ0n) is 15.9. The van der Waals surface area contributed by atoms with Crippen molar-refractivity contribution in [2.45, 2.75) is 25.9 Å². The minimum absolute atomic E-state index is 0.119. The number of methoxy groups -OCH3 is 1. The number of hydrogen-bond donors (Lipinski definition) is 0. The number of hydrogen-bond acceptors (Lipinski definition) is 5. The van der Waals surface area contributed by atoms with Crippen molar-refractivity contribution in [3.8, 4) is 0 Å². The molecular formula is C19H28ClN3O3. The predicted octanol–water partition coefficient (Wildman–Crippen LogP) is 2.04. The molecule has 1 saturated heterocycles. The van der Waals surface area contributed by atoms with Gasteiger partial charge in [0.1, 0.15) is 6.04 Å². The zero-order valence-corrected chi connectivity index (χ0v) is 16.7. The first-order valence-electron chi connectivity index (χ1n) is 8.89. The Labute approximate surface area is 160 Å². The smallest absolute Gasteiger partial charge is 0.327 e.